The van der Waals surface area contributed by atoms with E-state index in [0.717, 1.165) is 0 Å². The Bertz CT molecular complexity index is 363. The van der Waals surface area contributed by atoms with Gasteiger partial charge in [0.1, 0.15) is 0 Å². The Morgan fingerprint density at radius 3 is 2.62 bits per heavy atom. The number of benzene rings is 1. The third-order valence-electron chi connectivity index (χ3n) is 2.98. The van der Waals surface area contributed by atoms with Crippen LogP contribution in [0.4, 0.5) is 0 Å². The summed E-state index contributed by atoms with van der Waals surface area (Å²) in [6.45, 7) is 4.76. The number of carboxylic acid groups (broad SMARTS) is 1. The second kappa shape index (κ2) is 5.66. The van der Waals surface area contributed by atoms with Crippen molar-refractivity contribution in [1.29, 1.82) is 0 Å². The van der Waals surface area contributed by atoms with Crippen LogP contribution in [-0.4, -0.2) is 29.6 Å². The third kappa shape index (κ3) is 3.35. The highest BCUT2D eigenvalue weighted by Crippen LogP contribution is 2.21. The molecule has 0 heterocycles. The third-order valence-corrected chi connectivity index (χ3v) is 2.98. The summed E-state index contributed by atoms with van der Waals surface area (Å²) in [6, 6.07) is 8.46. The number of nitrogens with zero attached hydrogens (tertiary/aromatic N) is 1. The standard InChI is InChI=1S/C13H19NO2/c1-10-6-4-5-7-12(10)11(2)14(3)9-8-13(15)16/h4-7,11H,8-9H2,1-3H3,(H,15,16). The molecule has 0 radical (unpaired) electrons. The number of carboxylic acids is 1. The quantitative estimate of drug-likeness (QED) is 0.830. The van der Waals surface area contributed by atoms with Crippen molar-refractivity contribution < 1.29 is 9.90 Å². The van der Waals surface area contributed by atoms with Crippen LogP contribution in [0.15, 0.2) is 24.3 Å². The molecule has 0 aliphatic carbocycles. The highest BCUT2D eigenvalue weighted by molar-refractivity contribution is 5.66. The molecular formula is C13H19NO2. The zero-order valence-electron chi connectivity index (χ0n) is 10.1. The molecule has 1 aromatic carbocycles. The summed E-state index contributed by atoms with van der Waals surface area (Å²) in [5.74, 6) is -0.746. The van der Waals surface area contributed by atoms with Crippen LogP contribution in [0.1, 0.15) is 30.5 Å². The van der Waals surface area contributed by atoms with E-state index < -0.39 is 5.97 Å². The Morgan fingerprint density at radius 2 is 2.06 bits per heavy atom. The molecule has 3 nitrogen and oxygen atoms in total. The van der Waals surface area contributed by atoms with Crippen LogP contribution < -0.4 is 0 Å². The van der Waals surface area contributed by atoms with E-state index in [0.29, 0.717) is 6.54 Å². The first kappa shape index (κ1) is 12.7. The minimum Gasteiger partial charge on any atom is -0.481 e. The predicted octanol–water partition coefficient (Wildman–Crippen LogP) is 2.46. The Balaban J connectivity index is 2.66. The fraction of sp³-hybridized carbons (Fsp3) is 0.462. The Hall–Kier alpha value is -1.35. The summed E-state index contributed by atoms with van der Waals surface area (Å²) < 4.78 is 0. The minimum absolute atomic E-state index is 0.187. The molecule has 1 unspecified atom stereocenters. The topological polar surface area (TPSA) is 40.5 Å². The predicted molar refractivity (Wildman–Crippen MR) is 64.5 cm³/mol. The summed E-state index contributed by atoms with van der Waals surface area (Å²) >= 11 is 0. The smallest absolute Gasteiger partial charge is 0.304 e. The van der Waals surface area contributed by atoms with E-state index >= 15 is 0 Å². The number of aliphatic carboxylic acids is 1. The molecule has 0 amide bonds. The molecule has 1 rings (SSSR count). The first-order valence-corrected chi connectivity index (χ1v) is 5.50. The van der Waals surface area contributed by atoms with Crippen molar-refractivity contribution in [2.45, 2.75) is 26.3 Å². The number of hydrogen-bond acceptors (Lipinski definition) is 2. The van der Waals surface area contributed by atoms with Crippen LogP contribution >= 0.6 is 0 Å². The monoisotopic (exact) mass is 221 g/mol. The summed E-state index contributed by atoms with van der Waals surface area (Å²) in [6.07, 6.45) is 0.187. The Morgan fingerprint density at radius 1 is 1.44 bits per heavy atom. The van der Waals surface area contributed by atoms with Crippen LogP contribution in [0.3, 0.4) is 0 Å². The second-order valence-corrected chi connectivity index (χ2v) is 4.16. The van der Waals surface area contributed by atoms with Crippen LogP contribution in [-0.2, 0) is 4.79 Å². The van der Waals surface area contributed by atoms with E-state index in [1.54, 1.807) is 0 Å². The maximum Gasteiger partial charge on any atom is 0.304 e. The van der Waals surface area contributed by atoms with E-state index in [2.05, 4.69) is 30.9 Å². The first-order chi connectivity index (χ1) is 7.52. The van der Waals surface area contributed by atoms with E-state index in [-0.39, 0.29) is 12.5 Å². The lowest BCUT2D eigenvalue weighted by Gasteiger charge is -2.25. The fourth-order valence-corrected chi connectivity index (χ4v) is 1.76. The largest absolute Gasteiger partial charge is 0.481 e. The molecule has 0 aromatic heterocycles. The van der Waals surface area contributed by atoms with Crippen molar-refractivity contribution in [3.05, 3.63) is 35.4 Å². The molecule has 88 valence electrons. The molecule has 0 saturated heterocycles. The van der Waals surface area contributed by atoms with Crippen LogP contribution in [0.25, 0.3) is 0 Å². The zero-order valence-corrected chi connectivity index (χ0v) is 10.1. The van der Waals surface area contributed by atoms with Gasteiger partial charge in [-0.05, 0) is 32.0 Å². The van der Waals surface area contributed by atoms with Gasteiger partial charge in [-0.3, -0.25) is 9.69 Å². The van der Waals surface area contributed by atoms with Gasteiger partial charge in [0, 0.05) is 12.6 Å². The molecule has 0 bridgehead atoms. The number of hydrogen-bond donors (Lipinski definition) is 1. The normalized spacial score (nSPS) is 12.8. The van der Waals surface area contributed by atoms with Crippen molar-refractivity contribution in [2.24, 2.45) is 0 Å². The van der Waals surface area contributed by atoms with Crippen molar-refractivity contribution in [1.82, 2.24) is 4.90 Å². The van der Waals surface area contributed by atoms with E-state index in [4.69, 9.17) is 5.11 Å². The molecule has 0 fully saturated rings. The van der Waals surface area contributed by atoms with Crippen molar-refractivity contribution in [2.75, 3.05) is 13.6 Å². The molecule has 0 spiro atoms. The minimum atomic E-state index is -0.746. The highest BCUT2D eigenvalue weighted by Gasteiger charge is 2.13. The lowest BCUT2D eigenvalue weighted by atomic mass is 10.0. The number of aryl methyl sites for hydroxylation is 1. The second-order valence-electron chi connectivity index (χ2n) is 4.16. The van der Waals surface area contributed by atoms with E-state index in [9.17, 15) is 4.79 Å². The van der Waals surface area contributed by atoms with Gasteiger partial charge in [-0.15, -0.1) is 0 Å². The lowest BCUT2D eigenvalue weighted by Crippen LogP contribution is -2.25. The summed E-state index contributed by atoms with van der Waals surface area (Å²) in [7, 11) is 1.96. The average molecular weight is 221 g/mol. The number of rotatable bonds is 5. The van der Waals surface area contributed by atoms with E-state index in [1.165, 1.54) is 11.1 Å². The summed E-state index contributed by atoms with van der Waals surface area (Å²) in [5.41, 5.74) is 2.51. The van der Waals surface area contributed by atoms with Crippen LogP contribution in [0.2, 0.25) is 0 Å². The Labute approximate surface area is 96.7 Å². The van der Waals surface area contributed by atoms with Gasteiger partial charge in [0.15, 0.2) is 0 Å². The van der Waals surface area contributed by atoms with Crippen molar-refractivity contribution in [3.63, 3.8) is 0 Å². The summed E-state index contributed by atoms with van der Waals surface area (Å²) in [5, 5.41) is 8.64. The molecule has 1 aromatic rings. The molecular weight excluding hydrogens is 202 g/mol. The van der Waals surface area contributed by atoms with E-state index in [1.807, 2.05) is 19.2 Å². The molecule has 16 heavy (non-hydrogen) atoms. The molecule has 1 N–H and O–H groups in total. The Kier molecular flexibility index (Phi) is 4.50. The first-order valence-electron chi connectivity index (χ1n) is 5.50. The average Bonchev–Trinajstić information content (AvgIpc) is 2.25. The van der Waals surface area contributed by atoms with Gasteiger partial charge in [-0.25, -0.2) is 0 Å². The fourth-order valence-electron chi connectivity index (χ4n) is 1.76. The van der Waals surface area contributed by atoms with Gasteiger partial charge in [-0.1, -0.05) is 24.3 Å². The highest BCUT2D eigenvalue weighted by atomic mass is 16.4. The molecule has 1 atom stereocenters. The SMILES string of the molecule is Cc1ccccc1C(C)N(C)CCC(=O)O. The van der Waals surface area contributed by atoms with Crippen molar-refractivity contribution >= 4 is 5.97 Å². The molecule has 0 saturated carbocycles. The van der Waals surface area contributed by atoms with Crippen molar-refractivity contribution in [3.8, 4) is 0 Å². The van der Waals surface area contributed by atoms with Gasteiger partial charge in [0.2, 0.25) is 0 Å². The van der Waals surface area contributed by atoms with Crippen LogP contribution in [0, 0.1) is 6.92 Å². The molecule has 3 heteroatoms. The van der Waals surface area contributed by atoms with Gasteiger partial charge in [-0.2, -0.15) is 0 Å². The number of carbonyl (C=O) groups is 1. The van der Waals surface area contributed by atoms with Gasteiger partial charge < -0.3 is 5.11 Å². The van der Waals surface area contributed by atoms with Gasteiger partial charge >= 0.3 is 5.97 Å². The summed E-state index contributed by atoms with van der Waals surface area (Å²) in [4.78, 5) is 12.6. The zero-order chi connectivity index (χ0) is 12.1. The molecule has 0 aliphatic heterocycles. The maximum absolute atomic E-state index is 10.5. The maximum atomic E-state index is 10.5. The van der Waals surface area contributed by atoms with Gasteiger partial charge in [0.25, 0.3) is 0 Å². The van der Waals surface area contributed by atoms with Gasteiger partial charge in [0.05, 0.1) is 6.42 Å². The lowest BCUT2D eigenvalue weighted by molar-refractivity contribution is -0.137. The molecule has 0 aliphatic rings. The van der Waals surface area contributed by atoms with Crippen LogP contribution in [0.5, 0.6) is 0 Å².